The van der Waals surface area contributed by atoms with E-state index in [9.17, 15) is 18.2 Å². The summed E-state index contributed by atoms with van der Waals surface area (Å²) >= 11 is 0.757. The molecule has 32 heavy (non-hydrogen) atoms. The van der Waals surface area contributed by atoms with Gasteiger partial charge in [0, 0.05) is 23.1 Å². The predicted octanol–water partition coefficient (Wildman–Crippen LogP) is -3.10. The number of nitrogens with zero attached hydrogens (tertiary/aromatic N) is 2. The number of hydrogen-bond donors (Lipinski definition) is 0. The molecule has 14 heteroatoms. The number of benzene rings is 2. The molecule has 2 aromatic heterocycles. The maximum atomic E-state index is 11.3. The van der Waals surface area contributed by atoms with Crippen molar-refractivity contribution >= 4 is 56.5 Å². The summed E-state index contributed by atoms with van der Waals surface area (Å²) in [5, 5.41) is 13.4. The normalized spacial score (nSPS) is 11.8. The molecule has 0 bridgehead atoms. The summed E-state index contributed by atoms with van der Waals surface area (Å²) in [6.45, 7) is 3.33. The van der Waals surface area contributed by atoms with Crippen LogP contribution in [0.1, 0.15) is 22.9 Å². The Balaban J connectivity index is 0.00000181. The van der Waals surface area contributed by atoms with Crippen molar-refractivity contribution in [3.8, 4) is 0 Å². The van der Waals surface area contributed by atoms with Crippen molar-refractivity contribution in [1.29, 1.82) is 0 Å². The number of aryl methyl sites for hydroxylation is 2. The van der Waals surface area contributed by atoms with Crippen LogP contribution >= 0.6 is 12.0 Å². The minimum Gasteiger partial charge on any atom is -0.744 e. The summed E-state index contributed by atoms with van der Waals surface area (Å²) in [4.78, 5) is 8.86. The standard InChI is InChI=1S/C18H14N2O8S2.2Na/c1-9-5-11-13(7-15(9)29-28-27-21)25-17(19-11)3-4-18-20-12-6-10(2)16(30(22,23)24)8-14(12)26-18;;/h3-8,21H,1-2H3,(H,22,23,24);;/q;2*+1/p-2. The summed E-state index contributed by atoms with van der Waals surface area (Å²) in [6.07, 6.45) is 3.03. The molecule has 0 atom stereocenters. The molecule has 2 heterocycles. The SMILES string of the molecule is Cc1cc2nc(C=Cc3nc4cc(C)c(S(=O)(=O)[O-])cc4o3)oc2cc1SOO[O-].[Na+].[Na+]. The van der Waals surface area contributed by atoms with Crippen LogP contribution in [0, 0.1) is 13.8 Å². The van der Waals surface area contributed by atoms with E-state index < -0.39 is 10.1 Å². The van der Waals surface area contributed by atoms with Crippen molar-refractivity contribution in [1.82, 2.24) is 9.97 Å². The number of fused-ring (bicyclic) bond motifs is 2. The Bertz CT molecular complexity index is 1400. The fourth-order valence-electron chi connectivity index (χ4n) is 2.85. The van der Waals surface area contributed by atoms with Crippen LogP contribution < -0.4 is 64.4 Å². The molecule has 0 unspecified atom stereocenters. The van der Waals surface area contributed by atoms with Crippen LogP contribution in [0.4, 0.5) is 0 Å². The van der Waals surface area contributed by atoms with E-state index >= 15 is 0 Å². The fourth-order valence-corrected chi connectivity index (χ4v) is 4.00. The molecule has 4 rings (SSSR count). The van der Waals surface area contributed by atoms with Crippen LogP contribution in [0.2, 0.25) is 0 Å². The smallest absolute Gasteiger partial charge is 0.744 e. The third kappa shape index (κ3) is 6.03. The third-order valence-electron chi connectivity index (χ3n) is 4.19. The monoisotopic (exact) mass is 494 g/mol. The molecule has 0 N–H and O–H groups in total. The molecule has 0 amide bonds. The van der Waals surface area contributed by atoms with E-state index in [1.165, 1.54) is 25.1 Å². The van der Waals surface area contributed by atoms with Crippen molar-refractivity contribution in [2.24, 2.45) is 0 Å². The van der Waals surface area contributed by atoms with Crippen molar-refractivity contribution in [3.63, 3.8) is 0 Å². The van der Waals surface area contributed by atoms with Gasteiger partial charge in [-0.1, -0.05) is 0 Å². The van der Waals surface area contributed by atoms with Crippen molar-refractivity contribution in [2.75, 3.05) is 0 Å². The van der Waals surface area contributed by atoms with Gasteiger partial charge in [-0.2, -0.15) is 4.33 Å². The zero-order chi connectivity index (χ0) is 21.5. The number of rotatable bonds is 6. The summed E-state index contributed by atoms with van der Waals surface area (Å²) in [5.74, 6) is 0.453. The van der Waals surface area contributed by atoms with Gasteiger partial charge in [-0.15, -0.1) is 0 Å². The first-order valence-electron chi connectivity index (χ1n) is 8.34. The van der Waals surface area contributed by atoms with Crippen LogP contribution in [0.5, 0.6) is 0 Å². The van der Waals surface area contributed by atoms with Gasteiger partial charge >= 0.3 is 59.1 Å². The van der Waals surface area contributed by atoms with Gasteiger partial charge in [-0.3, -0.25) is 5.04 Å². The van der Waals surface area contributed by atoms with Crippen LogP contribution in [-0.2, 0) is 19.5 Å². The molecule has 10 nitrogen and oxygen atoms in total. The first-order chi connectivity index (χ1) is 14.2. The van der Waals surface area contributed by atoms with E-state index in [2.05, 4.69) is 19.3 Å². The van der Waals surface area contributed by atoms with Gasteiger partial charge in [0.1, 0.15) is 21.2 Å². The zero-order valence-corrected chi connectivity index (χ0v) is 23.1. The Morgan fingerprint density at radius 1 is 0.938 bits per heavy atom. The van der Waals surface area contributed by atoms with E-state index in [0.29, 0.717) is 21.5 Å². The minimum atomic E-state index is -4.62. The van der Waals surface area contributed by atoms with Gasteiger partial charge in [0.05, 0.1) is 16.9 Å². The molecule has 0 spiro atoms. The Kier molecular flexibility index (Phi) is 9.56. The minimum absolute atomic E-state index is 0. The van der Waals surface area contributed by atoms with Crippen LogP contribution in [-0.4, -0.2) is 22.9 Å². The van der Waals surface area contributed by atoms with Gasteiger partial charge in [0.15, 0.2) is 11.2 Å². The second-order valence-electron chi connectivity index (χ2n) is 6.28. The summed E-state index contributed by atoms with van der Waals surface area (Å²) in [5.41, 5.74) is 2.75. The maximum absolute atomic E-state index is 11.3. The van der Waals surface area contributed by atoms with E-state index in [-0.39, 0.29) is 86.9 Å². The molecular weight excluding hydrogens is 482 g/mol. The Morgan fingerprint density at radius 3 is 2.00 bits per heavy atom. The molecule has 0 aliphatic carbocycles. The Morgan fingerprint density at radius 2 is 1.47 bits per heavy atom. The van der Waals surface area contributed by atoms with Gasteiger partial charge < -0.3 is 18.6 Å². The summed E-state index contributed by atoms with van der Waals surface area (Å²) in [6, 6.07) is 6.05. The topological polar surface area (TPSA) is 151 Å². The molecule has 0 aliphatic rings. The van der Waals surface area contributed by atoms with Crippen LogP contribution in [0.25, 0.3) is 34.4 Å². The molecule has 0 fully saturated rings. The van der Waals surface area contributed by atoms with E-state index in [1.807, 2.05) is 6.92 Å². The number of oxazole rings is 2. The average molecular weight is 494 g/mol. The molecule has 0 aliphatic heterocycles. The van der Waals surface area contributed by atoms with Gasteiger partial charge in [-0.25, -0.2) is 18.4 Å². The first kappa shape index (κ1) is 27.5. The molecule has 0 saturated heterocycles. The predicted molar refractivity (Wildman–Crippen MR) is 102 cm³/mol. The van der Waals surface area contributed by atoms with Gasteiger partial charge in [0.2, 0.25) is 11.8 Å². The average Bonchev–Trinajstić information content (AvgIpc) is 3.25. The third-order valence-corrected chi connectivity index (χ3v) is 5.91. The van der Waals surface area contributed by atoms with E-state index in [0.717, 1.165) is 23.7 Å². The molecule has 0 saturated carbocycles. The first-order valence-corrected chi connectivity index (χ1v) is 10.5. The van der Waals surface area contributed by atoms with Crippen LogP contribution in [0.15, 0.2) is 42.9 Å². The second kappa shape index (κ2) is 11.1. The van der Waals surface area contributed by atoms with Crippen LogP contribution in [0.3, 0.4) is 0 Å². The number of hydrogen-bond acceptors (Lipinski definition) is 11. The largest absolute Gasteiger partial charge is 1.00 e. The Labute approximate surface area is 230 Å². The zero-order valence-electron chi connectivity index (χ0n) is 17.4. The summed E-state index contributed by atoms with van der Waals surface area (Å²) in [7, 11) is -4.62. The number of aromatic nitrogens is 2. The molecular formula is C18H12N2Na2O8S2. The molecule has 2 aromatic carbocycles. The van der Waals surface area contributed by atoms with Crippen molar-refractivity contribution in [2.45, 2.75) is 23.6 Å². The quantitative estimate of drug-likeness (QED) is 0.0881. The molecule has 156 valence electrons. The molecule has 4 aromatic rings. The van der Waals surface area contributed by atoms with Crippen molar-refractivity contribution < 1.29 is 95.5 Å². The van der Waals surface area contributed by atoms with E-state index in [1.54, 1.807) is 12.1 Å². The van der Waals surface area contributed by atoms with Gasteiger partial charge in [-0.05, 0) is 43.2 Å². The Hall–Kier alpha value is -0.740. The fraction of sp³-hybridized carbons (Fsp3) is 0.111. The van der Waals surface area contributed by atoms with Crippen molar-refractivity contribution in [3.05, 3.63) is 47.2 Å². The second-order valence-corrected chi connectivity index (χ2v) is 8.37. The van der Waals surface area contributed by atoms with E-state index in [4.69, 9.17) is 8.83 Å². The molecule has 0 radical (unpaired) electrons. The maximum Gasteiger partial charge on any atom is 1.00 e. The summed E-state index contributed by atoms with van der Waals surface area (Å²) < 4.78 is 49.5. The van der Waals surface area contributed by atoms with Gasteiger partial charge in [0.25, 0.3) is 0 Å².